The Hall–Kier alpha value is -1.75. The number of nitrogens with one attached hydrogen (secondary N) is 1. The zero-order valence-corrected chi connectivity index (χ0v) is 12.7. The fourth-order valence-corrected chi connectivity index (χ4v) is 2.74. The van der Waals surface area contributed by atoms with Gasteiger partial charge in [-0.25, -0.2) is 0 Å². The Morgan fingerprint density at radius 1 is 1.43 bits per heavy atom. The smallest absolute Gasteiger partial charge is 0.242 e. The van der Waals surface area contributed by atoms with Crippen molar-refractivity contribution in [3.05, 3.63) is 24.3 Å². The lowest BCUT2D eigenvalue weighted by Crippen LogP contribution is -2.48. The number of carbonyl (C=O) groups excluding carboxylic acids is 1. The summed E-state index contributed by atoms with van der Waals surface area (Å²) in [7, 11) is 1.61. The van der Waals surface area contributed by atoms with E-state index in [0.29, 0.717) is 6.54 Å². The third kappa shape index (κ3) is 3.88. The van der Waals surface area contributed by atoms with E-state index in [4.69, 9.17) is 4.74 Å². The number of anilines is 1. The van der Waals surface area contributed by atoms with E-state index in [2.05, 4.69) is 12.2 Å². The molecular formula is C16H24N2O3. The van der Waals surface area contributed by atoms with Gasteiger partial charge < -0.3 is 20.1 Å². The number of hydrogen-bond acceptors (Lipinski definition) is 4. The van der Waals surface area contributed by atoms with Crippen molar-refractivity contribution in [1.82, 2.24) is 4.90 Å². The molecule has 1 amide bonds. The van der Waals surface area contributed by atoms with E-state index in [0.717, 1.165) is 24.3 Å². The van der Waals surface area contributed by atoms with Gasteiger partial charge in [0.1, 0.15) is 5.75 Å². The van der Waals surface area contributed by atoms with Gasteiger partial charge in [0.05, 0.1) is 19.3 Å². The molecule has 2 unspecified atom stereocenters. The minimum absolute atomic E-state index is 0.0616. The van der Waals surface area contributed by atoms with E-state index in [-0.39, 0.29) is 31.0 Å². The van der Waals surface area contributed by atoms with Crippen LogP contribution in [0.3, 0.4) is 0 Å². The molecule has 2 rings (SSSR count). The van der Waals surface area contributed by atoms with Crippen molar-refractivity contribution in [1.29, 1.82) is 0 Å². The first-order valence-corrected chi connectivity index (χ1v) is 7.43. The van der Waals surface area contributed by atoms with Gasteiger partial charge in [-0.3, -0.25) is 4.79 Å². The van der Waals surface area contributed by atoms with Crippen LogP contribution in [0, 0.1) is 5.92 Å². The minimum Gasteiger partial charge on any atom is -0.495 e. The molecule has 1 aromatic carbocycles. The highest BCUT2D eigenvalue weighted by molar-refractivity contribution is 5.81. The van der Waals surface area contributed by atoms with Crippen LogP contribution in [-0.2, 0) is 4.79 Å². The van der Waals surface area contributed by atoms with Crippen LogP contribution in [0.5, 0.6) is 5.75 Å². The van der Waals surface area contributed by atoms with Gasteiger partial charge in [-0.05, 0) is 37.8 Å². The summed E-state index contributed by atoms with van der Waals surface area (Å²) in [5.74, 6) is 0.994. The topological polar surface area (TPSA) is 61.8 Å². The van der Waals surface area contributed by atoms with Crippen LogP contribution >= 0.6 is 0 Å². The van der Waals surface area contributed by atoms with E-state index >= 15 is 0 Å². The lowest BCUT2D eigenvalue weighted by molar-refractivity contribution is -0.134. The van der Waals surface area contributed by atoms with Gasteiger partial charge in [-0.2, -0.15) is 0 Å². The van der Waals surface area contributed by atoms with Crippen molar-refractivity contribution in [3.8, 4) is 5.75 Å². The molecule has 5 nitrogen and oxygen atoms in total. The van der Waals surface area contributed by atoms with Gasteiger partial charge in [0, 0.05) is 19.2 Å². The molecule has 1 aromatic rings. The standard InChI is InChI=1S/C16H24N2O3/c1-12-7-8-13(11-19)10-18(12)16(20)9-17-14-5-3-4-6-15(14)21-2/h3-6,12-13,17,19H,7-11H2,1-2H3. The molecule has 2 N–H and O–H groups in total. The summed E-state index contributed by atoms with van der Waals surface area (Å²) in [5.41, 5.74) is 0.816. The maximum absolute atomic E-state index is 12.4. The summed E-state index contributed by atoms with van der Waals surface area (Å²) < 4.78 is 5.26. The Morgan fingerprint density at radius 2 is 2.19 bits per heavy atom. The summed E-state index contributed by atoms with van der Waals surface area (Å²) in [6.45, 7) is 3.10. The number of para-hydroxylation sites is 2. The average Bonchev–Trinajstić information content (AvgIpc) is 2.53. The Labute approximate surface area is 125 Å². The highest BCUT2D eigenvalue weighted by atomic mass is 16.5. The number of benzene rings is 1. The van der Waals surface area contributed by atoms with Crippen LogP contribution in [0.25, 0.3) is 0 Å². The van der Waals surface area contributed by atoms with E-state index in [1.807, 2.05) is 29.2 Å². The lowest BCUT2D eigenvalue weighted by atomic mass is 9.94. The quantitative estimate of drug-likeness (QED) is 0.867. The Balaban J connectivity index is 1.94. The van der Waals surface area contributed by atoms with Crippen LogP contribution < -0.4 is 10.1 Å². The van der Waals surface area contributed by atoms with Gasteiger partial charge in [-0.15, -0.1) is 0 Å². The summed E-state index contributed by atoms with van der Waals surface area (Å²) in [5, 5.41) is 12.4. The van der Waals surface area contributed by atoms with E-state index in [9.17, 15) is 9.90 Å². The molecule has 0 spiro atoms. The summed E-state index contributed by atoms with van der Waals surface area (Å²) in [4.78, 5) is 14.3. The number of rotatable bonds is 5. The molecule has 1 saturated heterocycles. The number of hydrogen-bond donors (Lipinski definition) is 2. The SMILES string of the molecule is COc1ccccc1NCC(=O)N1CC(CO)CCC1C. The predicted molar refractivity (Wildman–Crippen MR) is 82.5 cm³/mol. The second-order valence-corrected chi connectivity index (χ2v) is 5.57. The molecule has 5 heteroatoms. The number of methoxy groups -OCH3 is 1. The normalized spacial score (nSPS) is 22.0. The maximum Gasteiger partial charge on any atom is 0.242 e. The van der Waals surface area contributed by atoms with Crippen molar-refractivity contribution in [2.24, 2.45) is 5.92 Å². The molecule has 1 aliphatic heterocycles. The van der Waals surface area contributed by atoms with Gasteiger partial charge in [0.15, 0.2) is 0 Å². The van der Waals surface area contributed by atoms with Crippen LogP contribution in [0.1, 0.15) is 19.8 Å². The number of piperidine rings is 1. The number of carbonyl (C=O) groups is 1. The van der Waals surface area contributed by atoms with E-state index in [1.54, 1.807) is 7.11 Å². The first-order valence-electron chi connectivity index (χ1n) is 7.43. The molecule has 21 heavy (non-hydrogen) atoms. The van der Waals surface area contributed by atoms with Crippen LogP contribution in [0.2, 0.25) is 0 Å². The van der Waals surface area contributed by atoms with Gasteiger partial charge in [0.2, 0.25) is 5.91 Å². The van der Waals surface area contributed by atoms with Crippen LogP contribution in [0.4, 0.5) is 5.69 Å². The Bertz CT molecular complexity index is 478. The zero-order valence-electron chi connectivity index (χ0n) is 12.7. The minimum atomic E-state index is 0.0616. The zero-order chi connectivity index (χ0) is 15.2. The first-order chi connectivity index (χ1) is 10.2. The second kappa shape index (κ2) is 7.31. The summed E-state index contributed by atoms with van der Waals surface area (Å²) >= 11 is 0. The number of nitrogens with zero attached hydrogens (tertiary/aromatic N) is 1. The van der Waals surface area contributed by atoms with Crippen molar-refractivity contribution in [2.45, 2.75) is 25.8 Å². The van der Waals surface area contributed by atoms with E-state index < -0.39 is 0 Å². The van der Waals surface area contributed by atoms with Crippen molar-refractivity contribution in [3.63, 3.8) is 0 Å². The third-order valence-electron chi connectivity index (χ3n) is 4.10. The molecule has 116 valence electrons. The molecule has 0 saturated carbocycles. The number of likely N-dealkylation sites (tertiary alicyclic amines) is 1. The number of ether oxygens (including phenoxy) is 1. The van der Waals surface area contributed by atoms with Gasteiger partial charge >= 0.3 is 0 Å². The molecule has 1 fully saturated rings. The molecule has 0 radical (unpaired) electrons. The van der Waals surface area contributed by atoms with Gasteiger partial charge in [-0.1, -0.05) is 12.1 Å². The first kappa shape index (κ1) is 15.6. The van der Waals surface area contributed by atoms with Gasteiger partial charge in [0.25, 0.3) is 0 Å². The van der Waals surface area contributed by atoms with Crippen molar-refractivity contribution < 1.29 is 14.6 Å². The number of aliphatic hydroxyl groups is 1. The fraction of sp³-hybridized carbons (Fsp3) is 0.562. The predicted octanol–water partition coefficient (Wildman–Crippen LogP) is 1.73. The summed E-state index contributed by atoms with van der Waals surface area (Å²) in [6.07, 6.45) is 1.94. The molecule has 1 aliphatic rings. The largest absolute Gasteiger partial charge is 0.495 e. The second-order valence-electron chi connectivity index (χ2n) is 5.57. The molecule has 0 bridgehead atoms. The maximum atomic E-state index is 12.4. The highest BCUT2D eigenvalue weighted by Crippen LogP contribution is 2.24. The third-order valence-corrected chi connectivity index (χ3v) is 4.10. The van der Waals surface area contributed by atoms with Crippen molar-refractivity contribution in [2.75, 3.05) is 32.1 Å². The van der Waals surface area contributed by atoms with Crippen LogP contribution in [0.15, 0.2) is 24.3 Å². The average molecular weight is 292 g/mol. The molecule has 0 aliphatic carbocycles. The summed E-state index contributed by atoms with van der Waals surface area (Å²) in [6, 6.07) is 7.78. The monoisotopic (exact) mass is 292 g/mol. The fourth-order valence-electron chi connectivity index (χ4n) is 2.74. The number of aliphatic hydroxyl groups excluding tert-OH is 1. The molecule has 1 heterocycles. The van der Waals surface area contributed by atoms with Crippen LogP contribution in [-0.4, -0.2) is 48.8 Å². The van der Waals surface area contributed by atoms with Crippen molar-refractivity contribution >= 4 is 11.6 Å². The molecule has 2 atom stereocenters. The Kier molecular flexibility index (Phi) is 5.44. The number of amides is 1. The molecule has 0 aromatic heterocycles. The Morgan fingerprint density at radius 3 is 2.90 bits per heavy atom. The van der Waals surface area contributed by atoms with E-state index in [1.165, 1.54) is 0 Å². The highest BCUT2D eigenvalue weighted by Gasteiger charge is 2.28. The molecular weight excluding hydrogens is 268 g/mol. The lowest BCUT2D eigenvalue weighted by Gasteiger charge is -2.37.